The van der Waals surface area contributed by atoms with E-state index in [1.165, 1.54) is 73.6 Å². The van der Waals surface area contributed by atoms with Gasteiger partial charge in [-0.2, -0.15) is 0 Å². The Bertz CT molecular complexity index is 1060. The van der Waals surface area contributed by atoms with Crippen LogP contribution in [0.4, 0.5) is 11.4 Å². The Balaban J connectivity index is 0. The number of hydrogen-bond acceptors (Lipinski definition) is 3. The minimum atomic E-state index is 0. The van der Waals surface area contributed by atoms with Crippen LogP contribution in [0, 0.1) is 0 Å². The van der Waals surface area contributed by atoms with Crippen LogP contribution in [0.15, 0.2) is 64.6 Å². The second-order valence-corrected chi connectivity index (χ2v) is 10.3. The Kier molecular flexibility index (Phi) is 25.1. The first-order chi connectivity index (χ1) is 18.7. The molecule has 0 N–H and O–H groups in total. The van der Waals surface area contributed by atoms with Crippen LogP contribution in [-0.2, 0) is 44.2 Å². The molecule has 0 fully saturated rings. The topological polar surface area (TPSA) is 37.6 Å². The van der Waals surface area contributed by atoms with E-state index in [0.717, 1.165) is 48.4 Å². The summed E-state index contributed by atoms with van der Waals surface area (Å²) in [5.41, 5.74) is 9.39. The molecular formula is C35H47Cl3N3V-3. The van der Waals surface area contributed by atoms with Gasteiger partial charge < -0.3 is 37.2 Å². The molecule has 0 aliphatic carbocycles. The molecule has 0 atom stereocenters. The summed E-state index contributed by atoms with van der Waals surface area (Å²) in [5, 5.41) is 0. The van der Waals surface area contributed by atoms with Crippen molar-refractivity contribution in [2.45, 2.75) is 105 Å². The van der Waals surface area contributed by atoms with Gasteiger partial charge in [-0.1, -0.05) is 95.8 Å². The predicted octanol–water partition coefficient (Wildman–Crippen LogP) is 0.963. The first-order valence-electron chi connectivity index (χ1n) is 15.0. The number of benzene rings is 2. The zero-order valence-corrected chi connectivity index (χ0v) is 29.4. The van der Waals surface area contributed by atoms with Crippen molar-refractivity contribution in [3.63, 3.8) is 0 Å². The predicted molar refractivity (Wildman–Crippen MR) is 166 cm³/mol. The van der Waals surface area contributed by atoms with Crippen molar-refractivity contribution >= 4 is 23.8 Å². The molecule has 3 aromatic rings. The third-order valence-corrected chi connectivity index (χ3v) is 7.05. The summed E-state index contributed by atoms with van der Waals surface area (Å²) in [6, 6.07) is 19.4. The van der Waals surface area contributed by atoms with E-state index < -0.39 is 0 Å². The van der Waals surface area contributed by atoms with Crippen molar-refractivity contribution < 1.29 is 55.8 Å². The fraction of sp³-hybridized carbons (Fsp3) is 0.457. The van der Waals surface area contributed by atoms with Crippen LogP contribution in [-0.4, -0.2) is 17.4 Å². The van der Waals surface area contributed by atoms with E-state index in [1.54, 1.807) is 0 Å². The maximum absolute atomic E-state index is 5.01. The molecule has 1 aromatic heterocycles. The third-order valence-electron chi connectivity index (χ3n) is 7.05. The van der Waals surface area contributed by atoms with Crippen LogP contribution in [0.5, 0.6) is 0 Å². The van der Waals surface area contributed by atoms with Gasteiger partial charge >= 0.3 is 0 Å². The van der Waals surface area contributed by atoms with Gasteiger partial charge in [0, 0.05) is 18.6 Å². The minimum Gasteiger partial charge on any atom is -1.00 e. The van der Waals surface area contributed by atoms with E-state index >= 15 is 0 Å². The first kappa shape index (κ1) is 42.5. The van der Waals surface area contributed by atoms with Crippen molar-refractivity contribution in [3.8, 4) is 0 Å². The summed E-state index contributed by atoms with van der Waals surface area (Å²) >= 11 is 0. The molecule has 42 heavy (non-hydrogen) atoms. The average Bonchev–Trinajstić information content (AvgIpc) is 2.95. The standard InChI is InChI=1S/C35H47N3.3ClH.V/c1-5-9-16-28-20-13-21-29(17-10-6-2)34(28)36-26-32-24-15-25-33(38-32)27-37-35-30(18-11-7-3)22-14-23-31(35)19-12-8-4;;;;/h13-15,20-27H,5-12,16-19H2,1-4H3;3*1H;/p-3. The van der Waals surface area contributed by atoms with Gasteiger partial charge in [-0.25, -0.2) is 4.98 Å². The Morgan fingerprint density at radius 2 is 0.786 bits per heavy atom. The van der Waals surface area contributed by atoms with Gasteiger partial charge in [-0.3, -0.25) is 9.98 Å². The normalized spacial score (nSPS) is 10.6. The monoisotopic (exact) mass is 665 g/mol. The summed E-state index contributed by atoms with van der Waals surface area (Å²) in [4.78, 5) is 14.9. The van der Waals surface area contributed by atoms with Crippen LogP contribution >= 0.6 is 0 Å². The average molecular weight is 667 g/mol. The summed E-state index contributed by atoms with van der Waals surface area (Å²) < 4.78 is 0. The zero-order chi connectivity index (χ0) is 27.0. The SMILES string of the molecule is CCCCc1cccc(CCCC)c1N=Cc1cccc(C=Nc2c(CCCC)cccc2CCCC)n1.[Cl-].[Cl-].[Cl-].[V]. The molecule has 0 saturated carbocycles. The molecule has 1 radical (unpaired) electrons. The molecule has 0 aliphatic heterocycles. The Morgan fingerprint density at radius 1 is 0.500 bits per heavy atom. The molecular weight excluding hydrogens is 620 g/mol. The second kappa shape index (κ2) is 24.8. The van der Waals surface area contributed by atoms with E-state index in [4.69, 9.17) is 15.0 Å². The van der Waals surface area contributed by atoms with Crippen LogP contribution in [0.2, 0.25) is 0 Å². The molecule has 0 spiro atoms. The molecule has 231 valence electrons. The molecule has 0 amide bonds. The van der Waals surface area contributed by atoms with Crippen LogP contribution < -0.4 is 37.2 Å². The number of rotatable bonds is 16. The Labute approximate surface area is 286 Å². The largest absolute Gasteiger partial charge is 1.00 e. The van der Waals surface area contributed by atoms with Gasteiger partial charge in [0.25, 0.3) is 0 Å². The zero-order valence-electron chi connectivity index (χ0n) is 25.8. The number of aromatic nitrogens is 1. The second-order valence-electron chi connectivity index (χ2n) is 10.3. The molecule has 0 bridgehead atoms. The van der Waals surface area contributed by atoms with Crippen molar-refractivity contribution in [3.05, 3.63) is 88.2 Å². The van der Waals surface area contributed by atoms with Crippen LogP contribution in [0.3, 0.4) is 0 Å². The fourth-order valence-corrected chi connectivity index (χ4v) is 4.77. The molecule has 0 unspecified atom stereocenters. The number of hydrogen-bond donors (Lipinski definition) is 0. The van der Waals surface area contributed by atoms with E-state index in [9.17, 15) is 0 Å². The summed E-state index contributed by atoms with van der Waals surface area (Å²) in [7, 11) is 0. The third kappa shape index (κ3) is 13.8. The quantitative estimate of drug-likeness (QED) is 0.210. The maximum atomic E-state index is 5.01. The minimum absolute atomic E-state index is 0. The van der Waals surface area contributed by atoms with Crippen LogP contribution in [0.25, 0.3) is 0 Å². The first-order valence-corrected chi connectivity index (χ1v) is 15.0. The van der Waals surface area contributed by atoms with Gasteiger partial charge in [-0.15, -0.1) is 0 Å². The van der Waals surface area contributed by atoms with Crippen molar-refractivity contribution in [2.75, 3.05) is 0 Å². The van der Waals surface area contributed by atoms with E-state index in [0.29, 0.717) is 0 Å². The number of aryl methyl sites for hydroxylation is 4. The van der Waals surface area contributed by atoms with Gasteiger partial charge in [0.15, 0.2) is 0 Å². The Hall–Kier alpha value is -1.62. The molecule has 0 aliphatic rings. The molecule has 1 heterocycles. The number of para-hydroxylation sites is 2. The molecule has 2 aromatic carbocycles. The molecule has 0 saturated heterocycles. The van der Waals surface area contributed by atoms with E-state index in [2.05, 4.69) is 70.2 Å². The van der Waals surface area contributed by atoms with E-state index in [1.807, 2.05) is 24.6 Å². The Morgan fingerprint density at radius 3 is 1.07 bits per heavy atom. The number of nitrogens with zero attached hydrogens (tertiary/aromatic N) is 3. The van der Waals surface area contributed by atoms with Gasteiger partial charge in [0.05, 0.1) is 35.2 Å². The van der Waals surface area contributed by atoms with Crippen molar-refractivity contribution in [1.29, 1.82) is 0 Å². The number of unbranched alkanes of at least 4 members (excludes halogenated alkanes) is 4. The van der Waals surface area contributed by atoms with Gasteiger partial charge in [0.2, 0.25) is 0 Å². The van der Waals surface area contributed by atoms with Gasteiger partial charge in [0.1, 0.15) is 0 Å². The molecule has 7 heteroatoms. The van der Waals surface area contributed by atoms with E-state index in [-0.39, 0.29) is 55.8 Å². The molecule has 3 nitrogen and oxygen atoms in total. The summed E-state index contributed by atoms with van der Waals surface area (Å²) in [6.07, 6.45) is 17.6. The van der Waals surface area contributed by atoms with Gasteiger partial charge in [-0.05, 0) is 85.8 Å². The summed E-state index contributed by atoms with van der Waals surface area (Å²) in [6.45, 7) is 8.98. The van der Waals surface area contributed by atoms with Crippen LogP contribution in [0.1, 0.15) is 113 Å². The maximum Gasteiger partial charge on any atom is 0.0820 e. The number of halogens is 3. The number of aliphatic imine (C=N–C) groups is 2. The van der Waals surface area contributed by atoms with Crippen molar-refractivity contribution in [2.24, 2.45) is 9.98 Å². The fourth-order valence-electron chi connectivity index (χ4n) is 4.77. The summed E-state index contributed by atoms with van der Waals surface area (Å²) in [5.74, 6) is 0. The molecule has 3 rings (SSSR count). The smallest absolute Gasteiger partial charge is 0.0820 e. The van der Waals surface area contributed by atoms with Crippen molar-refractivity contribution in [1.82, 2.24) is 4.98 Å². The number of pyridine rings is 1.